The van der Waals surface area contributed by atoms with Gasteiger partial charge in [0.2, 0.25) is 10.0 Å². The summed E-state index contributed by atoms with van der Waals surface area (Å²) in [4.78, 5) is 11.0. The third-order valence-corrected chi connectivity index (χ3v) is 5.06. The maximum absolute atomic E-state index is 11.9. The van der Waals surface area contributed by atoms with Crippen LogP contribution in [0.15, 0.2) is 28.5 Å². The zero-order valence-corrected chi connectivity index (χ0v) is 13.5. The first-order valence-corrected chi connectivity index (χ1v) is 8.39. The van der Waals surface area contributed by atoms with Crippen molar-refractivity contribution in [3.63, 3.8) is 0 Å². The zero-order chi connectivity index (χ0) is 16.5. The van der Waals surface area contributed by atoms with Crippen LogP contribution in [0.25, 0.3) is 11.1 Å². The van der Waals surface area contributed by atoms with Crippen molar-refractivity contribution in [2.75, 3.05) is 14.2 Å². The maximum Gasteiger partial charge on any atom is 0.260 e. The van der Waals surface area contributed by atoms with Gasteiger partial charge in [-0.15, -0.1) is 11.3 Å². The standard InChI is InChI=1S/C13H14N2O5S2/c1-19-9-5-3-4-7(10(9)20-2)8-6-21-11(13(14)16)12(8)22(15,17)18/h3-6H,1-2H3,(H2,14,16)(H2,15,17,18). The minimum Gasteiger partial charge on any atom is -0.493 e. The van der Waals surface area contributed by atoms with Gasteiger partial charge in [-0.1, -0.05) is 12.1 Å². The van der Waals surface area contributed by atoms with Gasteiger partial charge >= 0.3 is 0 Å². The molecule has 2 rings (SSSR count). The highest BCUT2D eigenvalue weighted by Crippen LogP contribution is 2.43. The summed E-state index contributed by atoms with van der Waals surface area (Å²) in [7, 11) is -1.25. The third-order valence-electron chi connectivity index (χ3n) is 2.95. The van der Waals surface area contributed by atoms with Crippen LogP contribution >= 0.6 is 11.3 Å². The summed E-state index contributed by atoms with van der Waals surface area (Å²) >= 11 is 0.909. The van der Waals surface area contributed by atoms with E-state index in [0.717, 1.165) is 11.3 Å². The number of benzene rings is 1. The van der Waals surface area contributed by atoms with Crippen LogP contribution in [0.2, 0.25) is 0 Å². The van der Waals surface area contributed by atoms with E-state index in [2.05, 4.69) is 0 Å². The number of amides is 1. The van der Waals surface area contributed by atoms with Crippen molar-refractivity contribution in [3.8, 4) is 22.6 Å². The van der Waals surface area contributed by atoms with Gasteiger partial charge in [0.1, 0.15) is 9.77 Å². The fourth-order valence-corrected chi connectivity index (χ4v) is 4.30. The summed E-state index contributed by atoms with van der Waals surface area (Å²) in [5, 5.41) is 6.74. The molecule has 2 aromatic rings. The highest BCUT2D eigenvalue weighted by Gasteiger charge is 2.27. The van der Waals surface area contributed by atoms with Gasteiger partial charge in [-0.25, -0.2) is 13.6 Å². The fourth-order valence-electron chi connectivity index (χ4n) is 2.08. The Morgan fingerprint density at radius 2 is 1.86 bits per heavy atom. The number of methoxy groups -OCH3 is 2. The average Bonchev–Trinajstić information content (AvgIpc) is 2.91. The summed E-state index contributed by atoms with van der Waals surface area (Å²) in [5.74, 6) is -0.0990. The molecule has 0 aliphatic rings. The van der Waals surface area contributed by atoms with E-state index in [1.165, 1.54) is 19.6 Å². The van der Waals surface area contributed by atoms with Crippen molar-refractivity contribution < 1.29 is 22.7 Å². The molecule has 0 bridgehead atoms. The predicted molar refractivity (Wildman–Crippen MR) is 82.8 cm³/mol. The molecule has 4 N–H and O–H groups in total. The first-order chi connectivity index (χ1) is 10.3. The Labute approximate surface area is 131 Å². The molecule has 0 unspecified atom stereocenters. The number of primary sulfonamides is 1. The molecule has 7 nitrogen and oxygen atoms in total. The van der Waals surface area contributed by atoms with E-state index in [9.17, 15) is 13.2 Å². The van der Waals surface area contributed by atoms with Gasteiger partial charge in [-0.3, -0.25) is 4.79 Å². The Balaban J connectivity index is 2.83. The van der Waals surface area contributed by atoms with Gasteiger partial charge in [0.15, 0.2) is 11.5 Å². The summed E-state index contributed by atoms with van der Waals surface area (Å²) in [6, 6.07) is 4.98. The quantitative estimate of drug-likeness (QED) is 0.845. The number of nitrogens with two attached hydrogens (primary N) is 2. The first kappa shape index (κ1) is 16.3. The smallest absolute Gasteiger partial charge is 0.260 e. The number of thiophene rings is 1. The first-order valence-electron chi connectivity index (χ1n) is 5.96. The molecule has 1 heterocycles. The molecular formula is C13H14N2O5S2. The molecule has 1 aromatic carbocycles. The molecule has 0 saturated carbocycles. The Hall–Kier alpha value is -2.10. The highest BCUT2D eigenvalue weighted by molar-refractivity contribution is 7.89. The Morgan fingerprint density at radius 1 is 1.18 bits per heavy atom. The van der Waals surface area contributed by atoms with Crippen LogP contribution in [0.3, 0.4) is 0 Å². The summed E-state index contributed by atoms with van der Waals surface area (Å²) in [6.07, 6.45) is 0. The number of hydrogen-bond acceptors (Lipinski definition) is 6. The van der Waals surface area contributed by atoms with Gasteiger partial charge in [-0.2, -0.15) is 0 Å². The van der Waals surface area contributed by atoms with Crippen molar-refractivity contribution in [1.29, 1.82) is 0 Å². The summed E-state index contributed by atoms with van der Waals surface area (Å²) < 4.78 is 34.2. The van der Waals surface area contributed by atoms with Crippen LogP contribution in [0.4, 0.5) is 0 Å². The van der Waals surface area contributed by atoms with Crippen LogP contribution in [-0.4, -0.2) is 28.5 Å². The van der Waals surface area contributed by atoms with Crippen LogP contribution in [0.1, 0.15) is 9.67 Å². The summed E-state index contributed by atoms with van der Waals surface area (Å²) in [6.45, 7) is 0. The number of primary amides is 1. The second-order valence-corrected chi connectivity index (χ2v) is 6.64. The molecule has 0 aliphatic carbocycles. The second kappa shape index (κ2) is 5.95. The summed E-state index contributed by atoms with van der Waals surface area (Å²) in [5.41, 5.74) is 5.91. The van der Waals surface area contributed by atoms with E-state index in [1.54, 1.807) is 18.2 Å². The minimum absolute atomic E-state index is 0.123. The molecule has 0 fully saturated rings. The largest absolute Gasteiger partial charge is 0.493 e. The average molecular weight is 342 g/mol. The van der Waals surface area contributed by atoms with Crippen LogP contribution in [-0.2, 0) is 10.0 Å². The molecule has 0 aliphatic heterocycles. The molecule has 9 heteroatoms. The van der Waals surface area contributed by atoms with Gasteiger partial charge in [0.25, 0.3) is 5.91 Å². The number of hydrogen-bond donors (Lipinski definition) is 2. The Kier molecular flexibility index (Phi) is 4.40. The van der Waals surface area contributed by atoms with E-state index in [0.29, 0.717) is 17.1 Å². The van der Waals surface area contributed by atoms with Crippen LogP contribution in [0, 0.1) is 0 Å². The van der Waals surface area contributed by atoms with Crippen molar-refractivity contribution in [3.05, 3.63) is 28.5 Å². The fraction of sp³-hybridized carbons (Fsp3) is 0.154. The monoisotopic (exact) mass is 342 g/mol. The lowest BCUT2D eigenvalue weighted by molar-refractivity contribution is 0.100. The van der Waals surface area contributed by atoms with E-state index < -0.39 is 15.9 Å². The molecule has 1 aromatic heterocycles. The van der Waals surface area contributed by atoms with Crippen LogP contribution in [0.5, 0.6) is 11.5 Å². The number of carbonyl (C=O) groups is 1. The van der Waals surface area contributed by atoms with E-state index in [4.69, 9.17) is 20.3 Å². The number of ether oxygens (including phenoxy) is 2. The Bertz CT molecular complexity index is 827. The van der Waals surface area contributed by atoms with E-state index >= 15 is 0 Å². The molecule has 22 heavy (non-hydrogen) atoms. The van der Waals surface area contributed by atoms with Gasteiger partial charge in [-0.05, 0) is 6.07 Å². The zero-order valence-electron chi connectivity index (χ0n) is 11.8. The molecule has 0 radical (unpaired) electrons. The van der Waals surface area contributed by atoms with Crippen molar-refractivity contribution in [2.45, 2.75) is 4.90 Å². The number of carbonyl (C=O) groups excluding carboxylic acids is 1. The predicted octanol–water partition coefficient (Wildman–Crippen LogP) is 1.18. The van der Waals surface area contributed by atoms with E-state index in [-0.39, 0.29) is 15.3 Å². The molecule has 0 atom stereocenters. The lowest BCUT2D eigenvalue weighted by Gasteiger charge is -2.13. The van der Waals surface area contributed by atoms with Crippen LogP contribution < -0.4 is 20.3 Å². The molecule has 118 valence electrons. The SMILES string of the molecule is COc1cccc(-c2csc(C(N)=O)c2S(N)(=O)=O)c1OC. The van der Waals surface area contributed by atoms with Gasteiger partial charge in [0, 0.05) is 16.5 Å². The molecule has 0 saturated heterocycles. The topological polar surface area (TPSA) is 122 Å². The lowest BCUT2D eigenvalue weighted by atomic mass is 10.1. The lowest BCUT2D eigenvalue weighted by Crippen LogP contribution is -2.19. The van der Waals surface area contributed by atoms with Gasteiger partial charge in [0.05, 0.1) is 14.2 Å². The minimum atomic E-state index is -4.15. The highest BCUT2D eigenvalue weighted by atomic mass is 32.2. The molecule has 0 spiro atoms. The van der Waals surface area contributed by atoms with E-state index in [1.807, 2.05) is 0 Å². The Morgan fingerprint density at radius 3 is 2.36 bits per heavy atom. The van der Waals surface area contributed by atoms with Crippen molar-refractivity contribution >= 4 is 27.3 Å². The normalized spacial score (nSPS) is 11.2. The number of para-hydroxylation sites is 1. The van der Waals surface area contributed by atoms with Gasteiger partial charge < -0.3 is 15.2 Å². The molecular weight excluding hydrogens is 328 g/mol. The van der Waals surface area contributed by atoms with Crippen molar-refractivity contribution in [1.82, 2.24) is 0 Å². The third kappa shape index (κ3) is 2.78. The maximum atomic E-state index is 11.9. The number of rotatable bonds is 5. The molecule has 1 amide bonds. The van der Waals surface area contributed by atoms with Crippen molar-refractivity contribution in [2.24, 2.45) is 10.9 Å². The second-order valence-electron chi connectivity index (χ2n) is 4.26. The number of sulfonamides is 1.